The van der Waals surface area contributed by atoms with E-state index in [1.807, 2.05) is 0 Å². The number of aliphatic hydroxyl groups excluding tert-OH is 1. The Bertz CT molecular complexity index is 397. The zero-order chi connectivity index (χ0) is 11.5. The molecule has 0 bridgehead atoms. The normalized spacial score (nSPS) is 24.0. The monoisotopic (exact) mass is 225 g/mol. The molecular weight excluding hydrogens is 213 g/mol. The second kappa shape index (κ2) is 4.49. The standard InChI is InChI=1S/C11H12FNO3/c12-8-3-1-2-7(4-8)5-10-9(6-14)13-11(15)16-10/h1-4,9-10,14H,5-6H2,(H,13,15). The van der Waals surface area contributed by atoms with Crippen LogP contribution in [0.2, 0.25) is 0 Å². The lowest BCUT2D eigenvalue weighted by Crippen LogP contribution is -2.36. The molecule has 1 saturated heterocycles. The van der Waals surface area contributed by atoms with Gasteiger partial charge in [-0.3, -0.25) is 0 Å². The predicted octanol–water partition coefficient (Wildman–Crippen LogP) is 0.837. The number of carbonyl (C=O) groups excluding carboxylic acids is 1. The highest BCUT2D eigenvalue weighted by molar-refractivity contribution is 5.70. The molecule has 0 radical (unpaired) electrons. The van der Waals surface area contributed by atoms with Crippen molar-refractivity contribution in [1.82, 2.24) is 5.32 Å². The quantitative estimate of drug-likeness (QED) is 0.801. The zero-order valence-electron chi connectivity index (χ0n) is 8.52. The Balaban J connectivity index is 2.06. The lowest BCUT2D eigenvalue weighted by atomic mass is 10.0. The van der Waals surface area contributed by atoms with Gasteiger partial charge in [0.05, 0.1) is 12.6 Å². The maximum absolute atomic E-state index is 12.9. The van der Waals surface area contributed by atoms with E-state index in [0.717, 1.165) is 5.56 Å². The summed E-state index contributed by atoms with van der Waals surface area (Å²) in [5.74, 6) is -0.324. The number of halogens is 1. The third kappa shape index (κ3) is 2.30. The number of hydrogen-bond acceptors (Lipinski definition) is 3. The van der Waals surface area contributed by atoms with E-state index in [2.05, 4.69) is 5.32 Å². The fraction of sp³-hybridized carbons (Fsp3) is 0.364. The molecule has 0 aliphatic carbocycles. The van der Waals surface area contributed by atoms with Crippen LogP contribution in [-0.2, 0) is 11.2 Å². The van der Waals surface area contributed by atoms with Gasteiger partial charge in [0.15, 0.2) is 0 Å². The molecule has 1 aliphatic rings. The molecule has 1 aromatic carbocycles. The first-order valence-corrected chi connectivity index (χ1v) is 5.01. The van der Waals surface area contributed by atoms with Crippen LogP contribution in [0.3, 0.4) is 0 Å². The van der Waals surface area contributed by atoms with Crippen LogP contribution in [0.25, 0.3) is 0 Å². The summed E-state index contributed by atoms with van der Waals surface area (Å²) < 4.78 is 17.9. The van der Waals surface area contributed by atoms with Crippen LogP contribution >= 0.6 is 0 Å². The van der Waals surface area contributed by atoms with Gasteiger partial charge in [-0.05, 0) is 17.7 Å². The minimum Gasteiger partial charge on any atom is -0.444 e. The van der Waals surface area contributed by atoms with Gasteiger partial charge in [0.25, 0.3) is 0 Å². The molecule has 1 heterocycles. The van der Waals surface area contributed by atoms with Crippen molar-refractivity contribution < 1.29 is 19.0 Å². The number of aliphatic hydroxyl groups is 1. The van der Waals surface area contributed by atoms with Crippen LogP contribution in [0.1, 0.15) is 5.56 Å². The highest BCUT2D eigenvalue weighted by atomic mass is 19.1. The molecule has 2 rings (SSSR count). The lowest BCUT2D eigenvalue weighted by molar-refractivity contribution is 0.118. The Morgan fingerprint density at radius 3 is 3.00 bits per heavy atom. The van der Waals surface area contributed by atoms with Gasteiger partial charge in [-0.25, -0.2) is 9.18 Å². The number of cyclic esters (lactones) is 1. The van der Waals surface area contributed by atoms with Crippen molar-refractivity contribution in [2.24, 2.45) is 0 Å². The first-order valence-electron chi connectivity index (χ1n) is 5.01. The van der Waals surface area contributed by atoms with Gasteiger partial charge in [-0.1, -0.05) is 12.1 Å². The van der Waals surface area contributed by atoms with E-state index in [1.54, 1.807) is 12.1 Å². The number of nitrogens with one attached hydrogen (secondary N) is 1. The van der Waals surface area contributed by atoms with Crippen LogP contribution < -0.4 is 5.32 Å². The molecule has 1 amide bonds. The fourth-order valence-corrected chi connectivity index (χ4v) is 1.74. The molecule has 5 heteroatoms. The minimum absolute atomic E-state index is 0.189. The summed E-state index contributed by atoms with van der Waals surface area (Å²) in [4.78, 5) is 11.0. The number of ether oxygens (including phenoxy) is 1. The number of benzene rings is 1. The summed E-state index contributed by atoms with van der Waals surface area (Å²) in [7, 11) is 0. The van der Waals surface area contributed by atoms with Crippen LogP contribution in [0.15, 0.2) is 24.3 Å². The Morgan fingerprint density at radius 2 is 2.31 bits per heavy atom. The van der Waals surface area contributed by atoms with E-state index in [9.17, 15) is 9.18 Å². The maximum atomic E-state index is 12.9. The number of rotatable bonds is 3. The second-order valence-electron chi connectivity index (χ2n) is 3.71. The van der Waals surface area contributed by atoms with Gasteiger partial charge >= 0.3 is 6.09 Å². The van der Waals surface area contributed by atoms with Gasteiger partial charge in [-0.2, -0.15) is 0 Å². The van der Waals surface area contributed by atoms with Crippen molar-refractivity contribution in [2.45, 2.75) is 18.6 Å². The van der Waals surface area contributed by atoms with E-state index in [-0.39, 0.29) is 12.4 Å². The van der Waals surface area contributed by atoms with Gasteiger partial charge in [0.2, 0.25) is 0 Å². The molecule has 2 N–H and O–H groups in total. The molecule has 0 aromatic heterocycles. The molecule has 4 nitrogen and oxygen atoms in total. The van der Waals surface area contributed by atoms with E-state index in [0.29, 0.717) is 6.42 Å². The number of amides is 1. The summed E-state index contributed by atoms with van der Waals surface area (Å²) in [6.07, 6.45) is -0.596. The molecule has 1 aromatic rings. The molecule has 0 spiro atoms. The maximum Gasteiger partial charge on any atom is 0.407 e. The first kappa shape index (κ1) is 10.9. The third-order valence-electron chi connectivity index (χ3n) is 2.53. The van der Waals surface area contributed by atoms with Crippen molar-refractivity contribution in [3.8, 4) is 0 Å². The Kier molecular flexibility index (Phi) is 3.05. The van der Waals surface area contributed by atoms with Crippen molar-refractivity contribution in [2.75, 3.05) is 6.61 Å². The van der Waals surface area contributed by atoms with Gasteiger partial charge < -0.3 is 15.2 Å². The zero-order valence-corrected chi connectivity index (χ0v) is 8.52. The molecule has 86 valence electrons. The number of carbonyl (C=O) groups is 1. The predicted molar refractivity (Wildman–Crippen MR) is 54.4 cm³/mol. The van der Waals surface area contributed by atoms with E-state index in [1.165, 1.54) is 12.1 Å². The Labute approximate surface area is 92.0 Å². The fourth-order valence-electron chi connectivity index (χ4n) is 1.74. The third-order valence-corrected chi connectivity index (χ3v) is 2.53. The first-order chi connectivity index (χ1) is 7.69. The van der Waals surface area contributed by atoms with E-state index in [4.69, 9.17) is 9.84 Å². The van der Waals surface area contributed by atoms with Crippen LogP contribution in [0.5, 0.6) is 0 Å². The minimum atomic E-state index is -0.541. The molecule has 2 unspecified atom stereocenters. The second-order valence-corrected chi connectivity index (χ2v) is 3.71. The van der Waals surface area contributed by atoms with Crippen LogP contribution in [0.4, 0.5) is 9.18 Å². The Hall–Kier alpha value is -1.62. The van der Waals surface area contributed by atoms with Crippen LogP contribution in [0, 0.1) is 5.82 Å². The number of hydrogen-bond donors (Lipinski definition) is 2. The van der Waals surface area contributed by atoms with Crippen molar-refractivity contribution >= 4 is 6.09 Å². The van der Waals surface area contributed by atoms with Gasteiger partial charge in [-0.15, -0.1) is 0 Å². The Morgan fingerprint density at radius 1 is 1.50 bits per heavy atom. The van der Waals surface area contributed by atoms with E-state index < -0.39 is 18.2 Å². The van der Waals surface area contributed by atoms with Gasteiger partial charge in [0, 0.05) is 6.42 Å². The molecule has 0 saturated carbocycles. The van der Waals surface area contributed by atoms with E-state index >= 15 is 0 Å². The smallest absolute Gasteiger partial charge is 0.407 e. The summed E-state index contributed by atoms with van der Waals surface area (Å²) in [6, 6.07) is 5.68. The summed E-state index contributed by atoms with van der Waals surface area (Å²) >= 11 is 0. The molecular formula is C11H12FNO3. The lowest BCUT2D eigenvalue weighted by Gasteiger charge is -2.14. The molecule has 1 fully saturated rings. The van der Waals surface area contributed by atoms with Gasteiger partial charge in [0.1, 0.15) is 11.9 Å². The van der Waals surface area contributed by atoms with Crippen molar-refractivity contribution in [3.63, 3.8) is 0 Å². The highest BCUT2D eigenvalue weighted by Crippen LogP contribution is 2.15. The SMILES string of the molecule is O=C1NC(CO)C(Cc2cccc(F)c2)O1. The summed E-state index contributed by atoms with van der Waals surface area (Å²) in [6.45, 7) is -0.189. The topological polar surface area (TPSA) is 58.6 Å². The van der Waals surface area contributed by atoms with Crippen molar-refractivity contribution in [3.05, 3.63) is 35.6 Å². The average molecular weight is 225 g/mol. The molecule has 16 heavy (non-hydrogen) atoms. The highest BCUT2D eigenvalue weighted by Gasteiger charge is 2.33. The summed E-state index contributed by atoms with van der Waals surface area (Å²) in [5, 5.41) is 11.5. The number of alkyl carbamates (subject to hydrolysis) is 1. The molecule has 2 atom stereocenters. The molecule has 1 aliphatic heterocycles. The largest absolute Gasteiger partial charge is 0.444 e. The van der Waals surface area contributed by atoms with Crippen LogP contribution in [-0.4, -0.2) is 30.0 Å². The summed E-state index contributed by atoms with van der Waals surface area (Å²) in [5.41, 5.74) is 0.736. The van der Waals surface area contributed by atoms with Crippen molar-refractivity contribution in [1.29, 1.82) is 0 Å². The average Bonchev–Trinajstić information content (AvgIpc) is 2.59.